The molecular formula is C11H11BrN2O. The van der Waals surface area contributed by atoms with Gasteiger partial charge < -0.3 is 4.74 Å². The molecule has 0 aliphatic carbocycles. The molecule has 78 valence electrons. The zero-order chi connectivity index (χ0) is 10.8. The predicted molar refractivity (Wildman–Crippen MR) is 62.9 cm³/mol. The van der Waals surface area contributed by atoms with Gasteiger partial charge in [0.15, 0.2) is 0 Å². The number of hydrogen-bond acceptors (Lipinski definition) is 2. The van der Waals surface area contributed by atoms with Gasteiger partial charge in [-0.2, -0.15) is 5.10 Å². The monoisotopic (exact) mass is 266 g/mol. The number of halogens is 1. The Balaban J connectivity index is 2.58. The van der Waals surface area contributed by atoms with E-state index in [4.69, 9.17) is 4.74 Å². The van der Waals surface area contributed by atoms with Gasteiger partial charge in [0.25, 0.3) is 0 Å². The van der Waals surface area contributed by atoms with Crippen LogP contribution in [-0.4, -0.2) is 16.9 Å². The molecule has 2 aromatic rings. The van der Waals surface area contributed by atoms with Crippen molar-refractivity contribution in [2.45, 2.75) is 0 Å². The van der Waals surface area contributed by atoms with Crippen molar-refractivity contribution in [1.29, 1.82) is 0 Å². The topological polar surface area (TPSA) is 27.1 Å². The molecule has 3 nitrogen and oxygen atoms in total. The fourth-order valence-corrected chi connectivity index (χ4v) is 1.88. The largest absolute Gasteiger partial charge is 0.496 e. The number of methoxy groups -OCH3 is 1. The maximum atomic E-state index is 5.31. The van der Waals surface area contributed by atoms with Gasteiger partial charge in [-0.15, -0.1) is 0 Å². The van der Waals surface area contributed by atoms with E-state index in [1.165, 1.54) is 0 Å². The van der Waals surface area contributed by atoms with Crippen LogP contribution >= 0.6 is 15.9 Å². The van der Waals surface area contributed by atoms with Crippen molar-refractivity contribution in [3.05, 3.63) is 35.1 Å². The van der Waals surface area contributed by atoms with E-state index in [-0.39, 0.29) is 0 Å². The van der Waals surface area contributed by atoms with Crippen LogP contribution < -0.4 is 4.74 Å². The number of hydrogen-bond donors (Lipinski definition) is 0. The van der Waals surface area contributed by atoms with Gasteiger partial charge in [0.2, 0.25) is 0 Å². The lowest BCUT2D eigenvalue weighted by molar-refractivity contribution is 0.416. The van der Waals surface area contributed by atoms with Crippen LogP contribution in [-0.2, 0) is 7.05 Å². The first-order valence-corrected chi connectivity index (χ1v) is 5.34. The van der Waals surface area contributed by atoms with E-state index in [0.29, 0.717) is 0 Å². The summed E-state index contributed by atoms with van der Waals surface area (Å²) in [6.07, 6.45) is 1.82. The Morgan fingerprint density at radius 2 is 2.00 bits per heavy atom. The summed E-state index contributed by atoms with van der Waals surface area (Å²) in [5.41, 5.74) is 2.08. The maximum Gasteiger partial charge on any atom is 0.126 e. The molecule has 0 unspecified atom stereocenters. The number of ether oxygens (including phenoxy) is 1. The second-order valence-corrected chi connectivity index (χ2v) is 3.92. The molecule has 0 spiro atoms. The summed E-state index contributed by atoms with van der Waals surface area (Å²) in [4.78, 5) is 0. The molecule has 1 heterocycles. The van der Waals surface area contributed by atoms with Crippen molar-refractivity contribution in [3.8, 4) is 16.9 Å². The molecule has 0 N–H and O–H groups in total. The second kappa shape index (κ2) is 4.06. The molecular weight excluding hydrogens is 256 g/mol. The third kappa shape index (κ3) is 1.77. The van der Waals surface area contributed by atoms with Gasteiger partial charge in [-0.05, 0) is 22.0 Å². The zero-order valence-corrected chi connectivity index (χ0v) is 10.2. The first kappa shape index (κ1) is 10.2. The molecule has 0 atom stereocenters. The fourth-order valence-electron chi connectivity index (χ4n) is 1.47. The van der Waals surface area contributed by atoms with Crippen molar-refractivity contribution in [3.63, 3.8) is 0 Å². The summed E-state index contributed by atoms with van der Waals surface area (Å²) in [5, 5.41) is 4.18. The Kier molecular flexibility index (Phi) is 2.77. The molecule has 15 heavy (non-hydrogen) atoms. The normalized spacial score (nSPS) is 10.3. The molecule has 1 aromatic heterocycles. The van der Waals surface area contributed by atoms with Crippen molar-refractivity contribution in [2.24, 2.45) is 7.05 Å². The smallest absolute Gasteiger partial charge is 0.126 e. The van der Waals surface area contributed by atoms with E-state index >= 15 is 0 Å². The molecule has 0 fully saturated rings. The first-order valence-electron chi connectivity index (χ1n) is 4.55. The lowest BCUT2D eigenvalue weighted by Gasteiger charge is -2.06. The highest BCUT2D eigenvalue weighted by Crippen LogP contribution is 2.34. The number of aryl methyl sites for hydroxylation is 1. The van der Waals surface area contributed by atoms with Crippen molar-refractivity contribution >= 4 is 15.9 Å². The Hall–Kier alpha value is -1.29. The predicted octanol–water partition coefficient (Wildman–Crippen LogP) is 2.86. The number of aromatic nitrogens is 2. The standard InChI is InChI=1S/C11H11BrN2O/c1-14-11(12)9(7-13-14)8-5-3-4-6-10(8)15-2/h3-7H,1-2H3. The third-order valence-corrected chi connectivity index (χ3v) is 3.20. The van der Waals surface area contributed by atoms with Crippen molar-refractivity contribution in [2.75, 3.05) is 7.11 Å². The Morgan fingerprint density at radius 1 is 1.27 bits per heavy atom. The second-order valence-electron chi connectivity index (χ2n) is 3.17. The fraction of sp³-hybridized carbons (Fsp3) is 0.182. The van der Waals surface area contributed by atoms with Crippen LogP contribution in [0.2, 0.25) is 0 Å². The Bertz CT molecular complexity index is 479. The molecule has 0 saturated carbocycles. The number of nitrogens with zero attached hydrogens (tertiary/aromatic N) is 2. The summed E-state index contributed by atoms with van der Waals surface area (Å²) in [7, 11) is 3.56. The lowest BCUT2D eigenvalue weighted by atomic mass is 10.1. The van der Waals surface area contributed by atoms with Crippen LogP contribution in [0.5, 0.6) is 5.75 Å². The summed E-state index contributed by atoms with van der Waals surface area (Å²) < 4.78 is 8.04. The van der Waals surface area contributed by atoms with Gasteiger partial charge >= 0.3 is 0 Å². The Morgan fingerprint density at radius 3 is 2.60 bits per heavy atom. The minimum Gasteiger partial charge on any atom is -0.496 e. The first-order chi connectivity index (χ1) is 7.24. The minimum absolute atomic E-state index is 0.853. The maximum absolute atomic E-state index is 5.31. The average Bonchev–Trinajstić information content (AvgIpc) is 2.60. The summed E-state index contributed by atoms with van der Waals surface area (Å²) in [6, 6.07) is 7.89. The van der Waals surface area contributed by atoms with E-state index < -0.39 is 0 Å². The van der Waals surface area contributed by atoms with Gasteiger partial charge in [-0.25, -0.2) is 0 Å². The SMILES string of the molecule is COc1ccccc1-c1cnn(C)c1Br. The lowest BCUT2D eigenvalue weighted by Crippen LogP contribution is -1.90. The minimum atomic E-state index is 0.853. The van der Waals surface area contributed by atoms with Gasteiger partial charge in [0.05, 0.1) is 13.3 Å². The molecule has 0 bridgehead atoms. The summed E-state index contributed by atoms with van der Waals surface area (Å²) in [5.74, 6) is 0.853. The van der Waals surface area contributed by atoms with Crippen LogP contribution in [0, 0.1) is 0 Å². The highest BCUT2D eigenvalue weighted by atomic mass is 79.9. The van der Waals surface area contributed by atoms with E-state index in [9.17, 15) is 0 Å². The molecule has 0 aliphatic heterocycles. The summed E-state index contributed by atoms with van der Waals surface area (Å²) >= 11 is 3.50. The number of benzene rings is 1. The van der Waals surface area contributed by atoms with Gasteiger partial charge in [0.1, 0.15) is 10.4 Å². The van der Waals surface area contributed by atoms with Crippen LogP contribution in [0.25, 0.3) is 11.1 Å². The molecule has 0 amide bonds. The quantitative estimate of drug-likeness (QED) is 0.836. The van der Waals surface area contributed by atoms with Crippen LogP contribution in [0.4, 0.5) is 0 Å². The van der Waals surface area contributed by atoms with E-state index in [1.807, 2.05) is 37.5 Å². The third-order valence-electron chi connectivity index (χ3n) is 2.26. The van der Waals surface area contributed by atoms with Gasteiger partial charge in [-0.3, -0.25) is 4.68 Å². The van der Waals surface area contributed by atoms with E-state index in [2.05, 4.69) is 21.0 Å². The highest BCUT2D eigenvalue weighted by molar-refractivity contribution is 9.10. The molecule has 1 aromatic carbocycles. The summed E-state index contributed by atoms with van der Waals surface area (Å²) in [6.45, 7) is 0. The van der Waals surface area contributed by atoms with Crippen LogP contribution in [0.15, 0.2) is 35.1 Å². The average molecular weight is 267 g/mol. The molecule has 0 radical (unpaired) electrons. The van der Waals surface area contributed by atoms with Crippen LogP contribution in [0.1, 0.15) is 0 Å². The van der Waals surface area contributed by atoms with Gasteiger partial charge in [0, 0.05) is 18.2 Å². The molecule has 0 saturated heterocycles. The highest BCUT2D eigenvalue weighted by Gasteiger charge is 2.11. The van der Waals surface area contributed by atoms with Crippen LogP contribution in [0.3, 0.4) is 0 Å². The molecule has 2 rings (SSSR count). The number of rotatable bonds is 2. The van der Waals surface area contributed by atoms with Gasteiger partial charge in [-0.1, -0.05) is 18.2 Å². The number of para-hydroxylation sites is 1. The zero-order valence-electron chi connectivity index (χ0n) is 8.57. The molecule has 0 aliphatic rings. The van der Waals surface area contributed by atoms with E-state index in [1.54, 1.807) is 11.8 Å². The molecule has 4 heteroatoms. The van der Waals surface area contributed by atoms with Crippen molar-refractivity contribution < 1.29 is 4.74 Å². The Labute approximate surface area is 96.8 Å². The van der Waals surface area contributed by atoms with Crippen molar-refractivity contribution in [1.82, 2.24) is 9.78 Å². The van der Waals surface area contributed by atoms with E-state index in [0.717, 1.165) is 21.5 Å².